The molecular formula is C19H21FN2O6. The number of anilines is 1. The topological polar surface area (TPSA) is 85.4 Å². The molecule has 2 aliphatic heterocycles. The molecule has 3 rings (SSSR count). The predicted octanol–water partition coefficient (Wildman–Crippen LogP) is 1.46. The average molecular weight is 392 g/mol. The van der Waals surface area contributed by atoms with Crippen molar-refractivity contribution in [2.24, 2.45) is 0 Å². The number of methoxy groups -OCH3 is 2. The lowest BCUT2D eigenvalue weighted by Gasteiger charge is -2.31. The van der Waals surface area contributed by atoms with Gasteiger partial charge in [-0.25, -0.2) is 14.0 Å². The fourth-order valence-corrected chi connectivity index (χ4v) is 3.28. The van der Waals surface area contributed by atoms with Gasteiger partial charge >= 0.3 is 11.9 Å². The van der Waals surface area contributed by atoms with Crippen LogP contribution in [-0.2, 0) is 23.8 Å². The molecule has 0 aromatic heterocycles. The molecule has 1 fully saturated rings. The van der Waals surface area contributed by atoms with Crippen LogP contribution in [0.3, 0.4) is 0 Å². The molecule has 150 valence electrons. The molecule has 2 aliphatic rings. The maximum Gasteiger partial charge on any atom is 0.355 e. The third-order valence-corrected chi connectivity index (χ3v) is 4.72. The minimum Gasteiger partial charge on any atom is -0.466 e. The molecule has 0 bridgehead atoms. The Kier molecular flexibility index (Phi) is 5.93. The molecule has 0 N–H and O–H groups in total. The number of hydrogen-bond acceptors (Lipinski definition) is 7. The normalized spacial score (nSPS) is 17.0. The molecular weight excluding hydrogens is 371 g/mol. The molecule has 9 heteroatoms. The van der Waals surface area contributed by atoms with Crippen LogP contribution in [0.1, 0.15) is 23.2 Å². The van der Waals surface area contributed by atoms with Gasteiger partial charge in [-0.3, -0.25) is 4.79 Å². The van der Waals surface area contributed by atoms with E-state index in [9.17, 15) is 18.8 Å². The Bertz CT molecular complexity index is 832. The Balaban J connectivity index is 1.97. The molecule has 0 radical (unpaired) electrons. The van der Waals surface area contributed by atoms with Gasteiger partial charge < -0.3 is 24.0 Å². The SMILES string of the molecule is COC(=O)C1=C(C(=O)OC)N(c2ccc(C(=O)N3CCCC3)c(F)c2)COC1. The first-order chi connectivity index (χ1) is 13.5. The zero-order valence-corrected chi connectivity index (χ0v) is 15.7. The van der Waals surface area contributed by atoms with Crippen LogP contribution in [0.2, 0.25) is 0 Å². The van der Waals surface area contributed by atoms with Gasteiger partial charge in [0.15, 0.2) is 0 Å². The highest BCUT2D eigenvalue weighted by Gasteiger charge is 2.33. The van der Waals surface area contributed by atoms with E-state index >= 15 is 0 Å². The van der Waals surface area contributed by atoms with Crippen molar-refractivity contribution in [3.63, 3.8) is 0 Å². The Morgan fingerprint density at radius 3 is 2.36 bits per heavy atom. The molecule has 0 atom stereocenters. The summed E-state index contributed by atoms with van der Waals surface area (Å²) in [6.45, 7) is 0.987. The molecule has 0 saturated carbocycles. The van der Waals surface area contributed by atoms with Gasteiger partial charge in [0.1, 0.15) is 18.2 Å². The zero-order chi connectivity index (χ0) is 20.3. The number of nitrogens with zero attached hydrogens (tertiary/aromatic N) is 2. The lowest BCUT2D eigenvalue weighted by atomic mass is 10.1. The van der Waals surface area contributed by atoms with Gasteiger partial charge in [0, 0.05) is 18.8 Å². The van der Waals surface area contributed by atoms with E-state index in [0.29, 0.717) is 13.1 Å². The number of halogens is 1. The van der Waals surface area contributed by atoms with E-state index in [2.05, 4.69) is 0 Å². The van der Waals surface area contributed by atoms with Gasteiger partial charge in [0.05, 0.1) is 32.0 Å². The van der Waals surface area contributed by atoms with Gasteiger partial charge in [-0.1, -0.05) is 0 Å². The van der Waals surface area contributed by atoms with E-state index in [1.54, 1.807) is 4.90 Å². The van der Waals surface area contributed by atoms with Crippen LogP contribution >= 0.6 is 0 Å². The average Bonchev–Trinajstić information content (AvgIpc) is 3.26. The van der Waals surface area contributed by atoms with E-state index in [4.69, 9.17) is 14.2 Å². The quantitative estimate of drug-likeness (QED) is 0.717. The second-order valence-electron chi connectivity index (χ2n) is 6.38. The number of esters is 2. The van der Waals surface area contributed by atoms with Crippen LogP contribution in [0.15, 0.2) is 29.5 Å². The molecule has 1 aromatic carbocycles. The van der Waals surface area contributed by atoms with Gasteiger partial charge in [-0.05, 0) is 31.0 Å². The fourth-order valence-electron chi connectivity index (χ4n) is 3.28. The Morgan fingerprint density at radius 2 is 1.75 bits per heavy atom. The lowest BCUT2D eigenvalue weighted by Crippen LogP contribution is -2.39. The molecule has 1 amide bonds. The van der Waals surface area contributed by atoms with Crippen LogP contribution in [0, 0.1) is 5.82 Å². The van der Waals surface area contributed by atoms with E-state index in [1.807, 2.05) is 0 Å². The number of rotatable bonds is 4. The van der Waals surface area contributed by atoms with Crippen LogP contribution in [0.4, 0.5) is 10.1 Å². The highest BCUT2D eigenvalue weighted by Crippen LogP contribution is 2.28. The van der Waals surface area contributed by atoms with Crippen molar-refractivity contribution < 1.29 is 33.0 Å². The molecule has 1 aromatic rings. The van der Waals surface area contributed by atoms with Gasteiger partial charge in [-0.15, -0.1) is 0 Å². The Labute approximate surface area is 161 Å². The Morgan fingerprint density at radius 1 is 1.07 bits per heavy atom. The second kappa shape index (κ2) is 8.39. The van der Waals surface area contributed by atoms with Crippen LogP contribution in [-0.4, -0.2) is 63.4 Å². The van der Waals surface area contributed by atoms with Crippen molar-refractivity contribution >= 4 is 23.5 Å². The van der Waals surface area contributed by atoms with Crippen molar-refractivity contribution in [3.8, 4) is 0 Å². The summed E-state index contributed by atoms with van der Waals surface area (Å²) in [5, 5.41) is 0. The maximum atomic E-state index is 14.7. The minimum atomic E-state index is -0.777. The molecule has 0 aliphatic carbocycles. The summed E-state index contributed by atoms with van der Waals surface area (Å²) in [5.74, 6) is -2.60. The van der Waals surface area contributed by atoms with E-state index in [-0.39, 0.29) is 41.8 Å². The van der Waals surface area contributed by atoms with Crippen molar-refractivity contribution in [1.82, 2.24) is 4.90 Å². The molecule has 8 nitrogen and oxygen atoms in total. The largest absolute Gasteiger partial charge is 0.466 e. The van der Waals surface area contributed by atoms with Crippen molar-refractivity contribution in [2.75, 3.05) is 45.5 Å². The first-order valence-corrected chi connectivity index (χ1v) is 8.81. The van der Waals surface area contributed by atoms with Crippen molar-refractivity contribution in [1.29, 1.82) is 0 Å². The summed E-state index contributed by atoms with van der Waals surface area (Å²) in [6.07, 6.45) is 1.81. The van der Waals surface area contributed by atoms with Gasteiger partial charge in [0.25, 0.3) is 5.91 Å². The lowest BCUT2D eigenvalue weighted by molar-refractivity contribution is -0.140. The predicted molar refractivity (Wildman–Crippen MR) is 95.9 cm³/mol. The smallest absolute Gasteiger partial charge is 0.355 e. The summed E-state index contributed by atoms with van der Waals surface area (Å²) < 4.78 is 29.5. The molecule has 28 heavy (non-hydrogen) atoms. The number of ether oxygens (including phenoxy) is 3. The summed E-state index contributed by atoms with van der Waals surface area (Å²) in [5.41, 5.74) is 0.0918. The van der Waals surface area contributed by atoms with E-state index in [0.717, 1.165) is 18.9 Å². The number of hydrogen-bond donors (Lipinski definition) is 0. The highest BCUT2D eigenvalue weighted by molar-refractivity contribution is 6.03. The number of benzene rings is 1. The maximum absolute atomic E-state index is 14.7. The van der Waals surface area contributed by atoms with Crippen molar-refractivity contribution in [3.05, 3.63) is 40.8 Å². The number of carbonyl (C=O) groups is 3. The van der Waals surface area contributed by atoms with Crippen LogP contribution < -0.4 is 4.90 Å². The number of likely N-dealkylation sites (tertiary alicyclic amines) is 1. The van der Waals surface area contributed by atoms with E-state index in [1.165, 1.54) is 31.3 Å². The first kappa shape index (κ1) is 19.8. The molecule has 0 unspecified atom stereocenters. The molecule has 1 saturated heterocycles. The Hall–Kier alpha value is -2.94. The summed E-state index contributed by atoms with van der Waals surface area (Å²) in [4.78, 5) is 39.7. The third kappa shape index (κ3) is 3.70. The van der Waals surface area contributed by atoms with Gasteiger partial charge in [-0.2, -0.15) is 0 Å². The van der Waals surface area contributed by atoms with Gasteiger partial charge in [0.2, 0.25) is 0 Å². The highest BCUT2D eigenvalue weighted by atomic mass is 19.1. The second-order valence-corrected chi connectivity index (χ2v) is 6.38. The summed E-state index contributed by atoms with van der Waals surface area (Å²) >= 11 is 0. The molecule has 2 heterocycles. The monoisotopic (exact) mass is 392 g/mol. The van der Waals surface area contributed by atoms with Crippen LogP contribution in [0.25, 0.3) is 0 Å². The minimum absolute atomic E-state index is 0.0294. The summed E-state index contributed by atoms with van der Waals surface area (Å²) in [6, 6.07) is 4.00. The third-order valence-electron chi connectivity index (χ3n) is 4.72. The standard InChI is InChI=1S/C19H21FN2O6/c1-26-18(24)14-10-28-11-22(16(14)19(25)27-2)12-5-6-13(15(20)9-12)17(23)21-7-3-4-8-21/h5-6,9H,3-4,7-8,10-11H2,1-2H3. The molecule has 0 spiro atoms. The zero-order valence-electron chi connectivity index (χ0n) is 15.7. The van der Waals surface area contributed by atoms with Crippen LogP contribution in [0.5, 0.6) is 0 Å². The van der Waals surface area contributed by atoms with E-state index < -0.39 is 17.8 Å². The first-order valence-electron chi connectivity index (χ1n) is 8.81. The number of amides is 1. The number of carbonyl (C=O) groups excluding carboxylic acids is 3. The van der Waals surface area contributed by atoms with Crippen molar-refractivity contribution in [2.45, 2.75) is 12.8 Å². The fraction of sp³-hybridized carbons (Fsp3) is 0.421. The summed E-state index contributed by atoms with van der Waals surface area (Å²) in [7, 11) is 2.36.